The highest BCUT2D eigenvalue weighted by atomic mass is 32.2. The molecule has 1 aromatic heterocycles. The maximum Gasteiger partial charge on any atom is 0.277 e. The van der Waals surface area contributed by atoms with E-state index in [1.165, 1.54) is 11.8 Å². The van der Waals surface area contributed by atoms with Gasteiger partial charge in [-0.2, -0.15) is 0 Å². The van der Waals surface area contributed by atoms with Crippen LogP contribution in [0, 0.1) is 5.92 Å². The van der Waals surface area contributed by atoms with Crippen LogP contribution >= 0.6 is 11.8 Å². The molecule has 2 heterocycles. The Morgan fingerprint density at radius 2 is 1.90 bits per heavy atom. The van der Waals surface area contributed by atoms with Crippen LogP contribution in [0.5, 0.6) is 0 Å². The number of carbonyl (C=O) groups is 1. The van der Waals surface area contributed by atoms with Crippen LogP contribution in [-0.2, 0) is 21.1 Å². The van der Waals surface area contributed by atoms with Gasteiger partial charge >= 0.3 is 0 Å². The number of nitrogens with zero attached hydrogens (tertiary/aromatic N) is 2. The van der Waals surface area contributed by atoms with Gasteiger partial charge in [0.25, 0.3) is 5.22 Å². The highest BCUT2D eigenvalue weighted by molar-refractivity contribution is 8.00. The summed E-state index contributed by atoms with van der Waals surface area (Å²) in [6.07, 6.45) is 1.06. The predicted molar refractivity (Wildman–Crippen MR) is 121 cm³/mol. The molecular weight excluding hydrogens is 434 g/mol. The third-order valence-electron chi connectivity index (χ3n) is 5.15. The molecule has 4 rings (SSSR count). The van der Waals surface area contributed by atoms with Crippen molar-refractivity contribution in [3.8, 4) is 11.1 Å². The maximum atomic E-state index is 12.8. The zero-order valence-corrected chi connectivity index (χ0v) is 18.7. The summed E-state index contributed by atoms with van der Waals surface area (Å²) in [6, 6.07) is 17.5. The van der Waals surface area contributed by atoms with Crippen LogP contribution in [0.4, 0.5) is 5.69 Å². The van der Waals surface area contributed by atoms with Crippen molar-refractivity contribution < 1.29 is 17.6 Å². The second-order valence-corrected chi connectivity index (χ2v) is 11.1. The number of anilines is 1. The van der Waals surface area contributed by atoms with Crippen molar-refractivity contribution in [3.63, 3.8) is 0 Å². The first-order valence-electron chi connectivity index (χ1n) is 10.0. The Kier molecular flexibility index (Phi) is 6.43. The number of sulfone groups is 1. The summed E-state index contributed by atoms with van der Waals surface area (Å²) in [7, 11) is -2.94. The summed E-state index contributed by atoms with van der Waals surface area (Å²) in [5.74, 6) is 0.632. The average Bonchev–Trinajstić information content (AvgIpc) is 3.34. The number of nitrogens with one attached hydrogen (secondary N) is 1. The van der Waals surface area contributed by atoms with Gasteiger partial charge in [0.2, 0.25) is 11.8 Å². The standard InChI is InChI=1S/C22H23N3O4S2/c1-15(30-22-25-24-20(29-22)13-16-11-12-31(27,28)14-16)21(26)23-19-10-6-5-9-18(19)17-7-3-2-4-8-17/h2-10,15-16H,11-14H2,1H3,(H,23,26)/t15-,16-/m1/s1. The molecule has 7 nitrogen and oxygen atoms in total. The molecule has 1 saturated heterocycles. The van der Waals surface area contributed by atoms with Crippen LogP contribution in [0.3, 0.4) is 0 Å². The van der Waals surface area contributed by atoms with Crippen molar-refractivity contribution in [2.75, 3.05) is 16.8 Å². The summed E-state index contributed by atoms with van der Waals surface area (Å²) in [5.41, 5.74) is 2.70. The van der Waals surface area contributed by atoms with E-state index >= 15 is 0 Å². The van der Waals surface area contributed by atoms with E-state index in [-0.39, 0.29) is 23.3 Å². The van der Waals surface area contributed by atoms with E-state index in [1.807, 2.05) is 54.6 Å². The zero-order chi connectivity index (χ0) is 21.8. The highest BCUT2D eigenvalue weighted by Crippen LogP contribution is 2.30. The molecule has 1 aliphatic heterocycles. The fourth-order valence-electron chi connectivity index (χ4n) is 3.55. The molecular formula is C22H23N3O4S2. The van der Waals surface area contributed by atoms with Crippen molar-refractivity contribution in [1.29, 1.82) is 0 Å². The quantitative estimate of drug-likeness (QED) is 0.538. The van der Waals surface area contributed by atoms with E-state index in [1.54, 1.807) is 6.92 Å². The van der Waals surface area contributed by atoms with Gasteiger partial charge in [-0.3, -0.25) is 4.79 Å². The molecule has 162 valence electrons. The second-order valence-electron chi connectivity index (χ2n) is 7.60. The normalized spacial score (nSPS) is 18.5. The summed E-state index contributed by atoms with van der Waals surface area (Å²) < 4.78 is 28.9. The molecule has 1 fully saturated rings. The van der Waals surface area contributed by atoms with Crippen molar-refractivity contribution >= 4 is 33.2 Å². The van der Waals surface area contributed by atoms with Crippen LogP contribution in [0.1, 0.15) is 19.2 Å². The number of amides is 1. The summed E-state index contributed by atoms with van der Waals surface area (Å²) in [5, 5.41) is 10.9. The van der Waals surface area contributed by atoms with Crippen LogP contribution in [0.25, 0.3) is 11.1 Å². The van der Waals surface area contributed by atoms with Gasteiger partial charge in [-0.25, -0.2) is 8.42 Å². The van der Waals surface area contributed by atoms with Gasteiger partial charge in [0.15, 0.2) is 9.84 Å². The largest absolute Gasteiger partial charge is 0.416 e. The molecule has 0 spiro atoms. The fourth-order valence-corrected chi connectivity index (χ4v) is 6.11. The lowest BCUT2D eigenvalue weighted by Gasteiger charge is -2.14. The summed E-state index contributed by atoms with van der Waals surface area (Å²) in [6.45, 7) is 1.78. The molecule has 3 aromatic rings. The molecule has 1 amide bonds. The van der Waals surface area contributed by atoms with E-state index in [9.17, 15) is 13.2 Å². The molecule has 0 radical (unpaired) electrons. The van der Waals surface area contributed by atoms with Gasteiger partial charge in [-0.05, 0) is 30.9 Å². The van der Waals surface area contributed by atoms with Crippen LogP contribution < -0.4 is 5.32 Å². The Hall–Kier alpha value is -2.65. The van der Waals surface area contributed by atoms with Gasteiger partial charge < -0.3 is 9.73 Å². The molecule has 2 aromatic carbocycles. The highest BCUT2D eigenvalue weighted by Gasteiger charge is 2.29. The van der Waals surface area contributed by atoms with Crippen LogP contribution in [-0.4, -0.2) is 41.3 Å². The number of thioether (sulfide) groups is 1. The third kappa shape index (κ3) is 5.54. The Balaban J connectivity index is 1.37. The minimum atomic E-state index is -2.94. The van der Waals surface area contributed by atoms with Crippen molar-refractivity contribution in [2.24, 2.45) is 5.92 Å². The lowest BCUT2D eigenvalue weighted by atomic mass is 10.0. The number of carbonyl (C=O) groups excluding carboxylic acids is 1. The number of rotatable bonds is 7. The minimum absolute atomic E-state index is 0.0125. The molecule has 31 heavy (non-hydrogen) atoms. The monoisotopic (exact) mass is 457 g/mol. The molecule has 0 unspecified atom stereocenters. The average molecular weight is 458 g/mol. The Bertz CT molecular complexity index is 1160. The number of para-hydroxylation sites is 1. The van der Waals surface area contributed by atoms with Crippen LogP contribution in [0.15, 0.2) is 64.2 Å². The number of hydrogen-bond donors (Lipinski definition) is 1. The minimum Gasteiger partial charge on any atom is -0.416 e. The number of aromatic nitrogens is 2. The van der Waals surface area contributed by atoms with Crippen molar-refractivity contribution in [3.05, 3.63) is 60.5 Å². The van der Waals surface area contributed by atoms with E-state index in [0.29, 0.717) is 24.0 Å². The topological polar surface area (TPSA) is 102 Å². The number of benzene rings is 2. The summed E-state index contributed by atoms with van der Waals surface area (Å²) in [4.78, 5) is 12.8. The SMILES string of the molecule is C[C@@H](Sc1nnc(C[C@H]2CCS(=O)(=O)C2)o1)C(=O)Nc1ccccc1-c1ccccc1. The van der Waals surface area contributed by atoms with E-state index in [0.717, 1.165) is 16.8 Å². The fraction of sp³-hybridized carbons (Fsp3) is 0.318. The van der Waals surface area contributed by atoms with E-state index < -0.39 is 15.1 Å². The van der Waals surface area contributed by atoms with Gasteiger partial charge in [-0.1, -0.05) is 60.3 Å². The van der Waals surface area contributed by atoms with Crippen molar-refractivity contribution in [1.82, 2.24) is 10.2 Å². The lowest BCUT2D eigenvalue weighted by molar-refractivity contribution is -0.115. The zero-order valence-electron chi connectivity index (χ0n) is 17.0. The second kappa shape index (κ2) is 9.23. The summed E-state index contributed by atoms with van der Waals surface area (Å²) >= 11 is 1.18. The molecule has 1 N–H and O–H groups in total. The molecule has 1 aliphatic rings. The lowest BCUT2D eigenvalue weighted by Crippen LogP contribution is -2.22. The molecule has 0 saturated carbocycles. The van der Waals surface area contributed by atoms with Gasteiger partial charge in [0.05, 0.1) is 16.8 Å². The Morgan fingerprint density at radius 3 is 2.65 bits per heavy atom. The third-order valence-corrected chi connectivity index (χ3v) is 7.93. The first kappa shape index (κ1) is 21.6. The van der Waals surface area contributed by atoms with Gasteiger partial charge in [-0.15, -0.1) is 10.2 Å². The van der Waals surface area contributed by atoms with E-state index in [4.69, 9.17) is 4.42 Å². The first-order valence-corrected chi connectivity index (χ1v) is 12.7. The predicted octanol–water partition coefficient (Wildman–Crippen LogP) is 3.83. The number of hydrogen-bond acceptors (Lipinski definition) is 7. The molecule has 9 heteroatoms. The van der Waals surface area contributed by atoms with Crippen molar-refractivity contribution in [2.45, 2.75) is 30.2 Å². The smallest absolute Gasteiger partial charge is 0.277 e. The van der Waals surface area contributed by atoms with Crippen LogP contribution in [0.2, 0.25) is 0 Å². The molecule has 2 atom stereocenters. The molecule has 0 bridgehead atoms. The maximum absolute atomic E-state index is 12.8. The van der Waals surface area contributed by atoms with Gasteiger partial charge in [0, 0.05) is 17.7 Å². The van der Waals surface area contributed by atoms with Gasteiger partial charge in [0.1, 0.15) is 0 Å². The molecule has 0 aliphatic carbocycles. The Morgan fingerprint density at radius 1 is 1.16 bits per heavy atom. The Labute approximate surface area is 185 Å². The first-order chi connectivity index (χ1) is 14.9. The van der Waals surface area contributed by atoms with E-state index in [2.05, 4.69) is 15.5 Å².